The van der Waals surface area contributed by atoms with Crippen molar-refractivity contribution < 1.29 is 14.3 Å². The molecule has 1 aliphatic heterocycles. The van der Waals surface area contributed by atoms with Crippen molar-refractivity contribution in [2.45, 2.75) is 12.7 Å². The second-order valence-electron chi connectivity index (χ2n) is 5.51. The molecule has 0 atom stereocenters. The number of ether oxygens (including phenoxy) is 1. The van der Waals surface area contributed by atoms with Gasteiger partial charge in [0.1, 0.15) is 0 Å². The van der Waals surface area contributed by atoms with Crippen molar-refractivity contribution >= 4 is 11.8 Å². The molecule has 5 nitrogen and oxygen atoms in total. The van der Waals surface area contributed by atoms with Gasteiger partial charge in [-0.3, -0.25) is 0 Å². The molecule has 0 aliphatic carbocycles. The Hall–Kier alpha value is -1.37. The van der Waals surface area contributed by atoms with Crippen molar-refractivity contribution in [1.29, 1.82) is 0 Å². The summed E-state index contributed by atoms with van der Waals surface area (Å²) in [6.45, 7) is 3.48. The molecule has 1 aromatic heterocycles. The van der Waals surface area contributed by atoms with E-state index in [9.17, 15) is 5.11 Å². The van der Waals surface area contributed by atoms with E-state index in [-0.39, 0.29) is 12.0 Å². The summed E-state index contributed by atoms with van der Waals surface area (Å²) in [7, 11) is 0. The molecule has 6 heteroatoms. The molecule has 1 aromatic carbocycles. The van der Waals surface area contributed by atoms with Crippen molar-refractivity contribution in [2.75, 3.05) is 25.6 Å². The second-order valence-corrected chi connectivity index (χ2v) is 6.50. The van der Waals surface area contributed by atoms with Crippen molar-refractivity contribution in [3.63, 3.8) is 0 Å². The van der Waals surface area contributed by atoms with Crippen molar-refractivity contribution in [2.24, 2.45) is 5.41 Å². The highest BCUT2D eigenvalue weighted by Crippen LogP contribution is 2.32. The molecule has 2 aromatic rings. The van der Waals surface area contributed by atoms with Crippen molar-refractivity contribution in [1.82, 2.24) is 10.2 Å². The van der Waals surface area contributed by atoms with Gasteiger partial charge in [-0.2, -0.15) is 11.8 Å². The normalized spacial score (nSPS) is 16.7. The Labute approximate surface area is 127 Å². The topological polar surface area (TPSA) is 68.4 Å². The zero-order chi connectivity index (χ0) is 14.7. The minimum atomic E-state index is -0.0789. The maximum atomic E-state index is 9.36. The Morgan fingerprint density at radius 1 is 1.24 bits per heavy atom. The highest BCUT2D eigenvalue weighted by Gasteiger charge is 2.37. The van der Waals surface area contributed by atoms with Gasteiger partial charge < -0.3 is 14.3 Å². The highest BCUT2D eigenvalue weighted by molar-refractivity contribution is 7.98. The minimum Gasteiger partial charge on any atom is -0.420 e. The van der Waals surface area contributed by atoms with E-state index in [1.807, 2.05) is 31.2 Å². The number of hydrogen-bond acceptors (Lipinski definition) is 6. The number of benzene rings is 1. The van der Waals surface area contributed by atoms with Crippen LogP contribution in [0.5, 0.6) is 0 Å². The lowest BCUT2D eigenvalue weighted by Crippen LogP contribution is -2.47. The molecular formula is C15H18N2O3S. The van der Waals surface area contributed by atoms with Gasteiger partial charge in [0, 0.05) is 16.7 Å². The number of aliphatic hydroxyl groups is 1. The van der Waals surface area contributed by atoms with Gasteiger partial charge in [0.15, 0.2) is 0 Å². The van der Waals surface area contributed by atoms with Crippen LogP contribution in [0.3, 0.4) is 0 Å². The number of rotatable bonds is 6. The summed E-state index contributed by atoms with van der Waals surface area (Å²) >= 11 is 1.69. The summed E-state index contributed by atoms with van der Waals surface area (Å²) in [6.07, 6.45) is 0. The summed E-state index contributed by atoms with van der Waals surface area (Å²) in [5.74, 6) is 2.66. The fraction of sp³-hybridized carbons (Fsp3) is 0.467. The molecule has 0 amide bonds. The summed E-state index contributed by atoms with van der Waals surface area (Å²) in [5.41, 5.74) is 2.06. The van der Waals surface area contributed by atoms with Gasteiger partial charge in [-0.15, -0.1) is 10.2 Å². The van der Waals surface area contributed by atoms with Crippen molar-refractivity contribution in [3.05, 3.63) is 35.7 Å². The number of aromatic nitrogens is 2. The smallest absolute Gasteiger partial charge is 0.247 e. The van der Waals surface area contributed by atoms with Gasteiger partial charge in [0.2, 0.25) is 11.8 Å². The predicted molar refractivity (Wildman–Crippen MR) is 81.0 cm³/mol. The second kappa shape index (κ2) is 6.17. The number of nitrogens with zero attached hydrogens (tertiary/aromatic N) is 2. The molecule has 0 radical (unpaired) electrons. The largest absolute Gasteiger partial charge is 0.420 e. The third kappa shape index (κ3) is 3.28. The van der Waals surface area contributed by atoms with E-state index >= 15 is 0 Å². The fourth-order valence-corrected chi connectivity index (χ4v) is 3.17. The van der Waals surface area contributed by atoms with Gasteiger partial charge >= 0.3 is 0 Å². The quantitative estimate of drug-likeness (QED) is 0.883. The van der Waals surface area contributed by atoms with Crippen LogP contribution in [-0.4, -0.2) is 40.9 Å². The van der Waals surface area contributed by atoms with Crippen LogP contribution in [-0.2, 0) is 10.5 Å². The number of aliphatic hydroxyl groups excluding tert-OH is 1. The first-order valence-electron chi connectivity index (χ1n) is 6.87. The van der Waals surface area contributed by atoms with E-state index in [2.05, 4.69) is 10.2 Å². The highest BCUT2D eigenvalue weighted by atomic mass is 32.2. The summed E-state index contributed by atoms with van der Waals surface area (Å²) < 4.78 is 10.9. The van der Waals surface area contributed by atoms with Crippen LogP contribution in [0, 0.1) is 12.3 Å². The Morgan fingerprint density at radius 3 is 2.62 bits per heavy atom. The average molecular weight is 306 g/mol. The molecule has 0 saturated carbocycles. The number of hydrogen-bond donors (Lipinski definition) is 1. The van der Waals surface area contributed by atoms with Gasteiger partial charge in [-0.25, -0.2) is 0 Å². The molecule has 1 fully saturated rings. The molecule has 1 N–H and O–H groups in total. The van der Waals surface area contributed by atoms with E-state index in [0.717, 1.165) is 11.3 Å². The zero-order valence-corrected chi connectivity index (χ0v) is 12.7. The number of aryl methyl sites for hydroxylation is 1. The van der Waals surface area contributed by atoms with Gasteiger partial charge in [-0.1, -0.05) is 17.7 Å². The lowest BCUT2D eigenvalue weighted by atomic mass is 9.90. The first-order chi connectivity index (χ1) is 10.2. The Kier molecular flexibility index (Phi) is 4.28. The maximum absolute atomic E-state index is 9.36. The monoisotopic (exact) mass is 306 g/mol. The third-order valence-corrected chi connectivity index (χ3v) is 4.82. The molecule has 21 heavy (non-hydrogen) atoms. The Balaban J connectivity index is 1.56. The van der Waals surface area contributed by atoms with Gasteiger partial charge in [0.25, 0.3) is 0 Å². The fourth-order valence-electron chi connectivity index (χ4n) is 2.09. The third-order valence-electron chi connectivity index (χ3n) is 3.55. The van der Waals surface area contributed by atoms with E-state index in [1.54, 1.807) is 11.8 Å². The molecule has 1 saturated heterocycles. The molecule has 0 bridgehead atoms. The zero-order valence-electron chi connectivity index (χ0n) is 11.9. The lowest BCUT2D eigenvalue weighted by molar-refractivity contribution is -0.121. The summed E-state index contributed by atoms with van der Waals surface area (Å²) in [4.78, 5) is 0. The number of thioether (sulfide) groups is 1. The molecule has 1 aliphatic rings. The van der Waals surface area contributed by atoms with Crippen LogP contribution in [0.25, 0.3) is 11.5 Å². The molecule has 0 unspecified atom stereocenters. The van der Waals surface area contributed by atoms with Crippen LogP contribution < -0.4 is 0 Å². The molecule has 112 valence electrons. The van der Waals surface area contributed by atoms with E-state index in [1.165, 1.54) is 5.56 Å². The Bertz CT molecular complexity index is 588. The Morgan fingerprint density at radius 2 is 2.00 bits per heavy atom. The first kappa shape index (κ1) is 14.6. The van der Waals surface area contributed by atoms with Crippen molar-refractivity contribution in [3.8, 4) is 11.5 Å². The summed E-state index contributed by atoms with van der Waals surface area (Å²) in [5, 5.41) is 17.5. The van der Waals surface area contributed by atoms with E-state index in [4.69, 9.17) is 9.15 Å². The molecule has 2 heterocycles. The van der Waals surface area contributed by atoms with Crippen LogP contribution in [0.1, 0.15) is 11.5 Å². The maximum Gasteiger partial charge on any atom is 0.247 e. The van der Waals surface area contributed by atoms with Crippen LogP contribution in [0.15, 0.2) is 28.7 Å². The van der Waals surface area contributed by atoms with Crippen LogP contribution in [0.2, 0.25) is 0 Å². The van der Waals surface area contributed by atoms with Crippen LogP contribution in [0.4, 0.5) is 0 Å². The van der Waals surface area contributed by atoms with Gasteiger partial charge in [0.05, 0.1) is 25.6 Å². The average Bonchev–Trinajstić information content (AvgIpc) is 2.91. The van der Waals surface area contributed by atoms with Crippen LogP contribution >= 0.6 is 11.8 Å². The summed E-state index contributed by atoms with van der Waals surface area (Å²) in [6, 6.07) is 8.00. The molecular weight excluding hydrogens is 288 g/mol. The lowest BCUT2D eigenvalue weighted by Gasteiger charge is -2.39. The SMILES string of the molecule is Cc1ccc(-c2nnc(CSCC3(CO)COC3)o2)cc1. The first-order valence-corrected chi connectivity index (χ1v) is 8.02. The van der Waals surface area contributed by atoms with E-state index < -0.39 is 0 Å². The van der Waals surface area contributed by atoms with Gasteiger partial charge in [-0.05, 0) is 19.1 Å². The minimum absolute atomic E-state index is 0.0789. The molecule has 0 spiro atoms. The predicted octanol–water partition coefficient (Wildman–Crippen LogP) is 2.29. The van der Waals surface area contributed by atoms with E-state index in [0.29, 0.717) is 30.7 Å². The standard InChI is InChI=1S/C15H18N2O3S/c1-11-2-4-12(5-3-11)14-17-16-13(20-14)6-21-10-15(7-18)8-19-9-15/h2-5,18H,6-10H2,1H3. The molecule has 3 rings (SSSR count).